The van der Waals surface area contributed by atoms with Crippen LogP contribution < -0.4 is 9.47 Å². The Labute approximate surface area is 224 Å². The Kier molecular flexibility index (Phi) is 6.32. The third-order valence-electron chi connectivity index (χ3n) is 7.64. The van der Waals surface area contributed by atoms with E-state index in [1.807, 2.05) is 37.3 Å². The summed E-state index contributed by atoms with van der Waals surface area (Å²) in [6.45, 7) is 2.75. The maximum Gasteiger partial charge on any atom is 0.254 e. The zero-order valence-electron chi connectivity index (χ0n) is 20.5. The quantitative estimate of drug-likeness (QED) is 0.199. The lowest BCUT2D eigenvalue weighted by molar-refractivity contribution is -0.140. The second kappa shape index (κ2) is 9.78. The fourth-order valence-electron chi connectivity index (χ4n) is 5.93. The molecule has 0 radical (unpaired) electrons. The number of carbonyl (C=O) groups excluding carboxylic acids is 2. The zero-order valence-corrected chi connectivity index (χ0v) is 22.1. The highest BCUT2D eigenvalue weighted by Crippen LogP contribution is 2.49. The number of nitrogens with zero attached hydrogens (tertiary/aromatic N) is 2. The summed E-state index contributed by atoms with van der Waals surface area (Å²) in [6, 6.07) is 18.1. The van der Waals surface area contributed by atoms with Crippen LogP contribution in [0.15, 0.2) is 76.3 Å². The Morgan fingerprint density at radius 3 is 2.38 bits per heavy atom. The predicted molar refractivity (Wildman–Crippen MR) is 145 cm³/mol. The van der Waals surface area contributed by atoms with Gasteiger partial charge in [0.15, 0.2) is 11.5 Å². The van der Waals surface area contributed by atoms with Crippen LogP contribution >= 0.6 is 15.9 Å². The molecule has 2 fully saturated rings. The smallest absolute Gasteiger partial charge is 0.254 e. The molecule has 3 aromatic rings. The van der Waals surface area contributed by atoms with E-state index in [-0.39, 0.29) is 35.5 Å². The molecule has 2 bridgehead atoms. The van der Waals surface area contributed by atoms with Gasteiger partial charge < -0.3 is 9.47 Å². The molecule has 0 unspecified atom stereocenters. The number of hydrogen-bond donors (Lipinski definition) is 0. The lowest BCUT2D eigenvalue weighted by Gasteiger charge is -2.37. The van der Waals surface area contributed by atoms with Gasteiger partial charge in [-0.1, -0.05) is 54.6 Å². The summed E-state index contributed by atoms with van der Waals surface area (Å²) in [5.74, 6) is 0.510. The van der Waals surface area contributed by atoms with Crippen molar-refractivity contribution in [1.29, 1.82) is 0 Å². The molecule has 188 valence electrons. The molecule has 0 aromatic heterocycles. The van der Waals surface area contributed by atoms with Crippen molar-refractivity contribution in [3.63, 3.8) is 0 Å². The maximum absolute atomic E-state index is 13.1. The van der Waals surface area contributed by atoms with Gasteiger partial charge in [0.1, 0.15) is 6.61 Å². The number of ether oxygens (including phenoxy) is 2. The summed E-state index contributed by atoms with van der Waals surface area (Å²) in [5.41, 5.74) is 1.78. The third-order valence-corrected chi connectivity index (χ3v) is 8.23. The molecule has 0 spiro atoms. The van der Waals surface area contributed by atoms with Crippen LogP contribution in [0.1, 0.15) is 30.9 Å². The number of hydrazone groups is 1. The van der Waals surface area contributed by atoms with Crippen LogP contribution in [0.4, 0.5) is 0 Å². The molecular formula is C30H27BrN2O4. The number of hydrogen-bond acceptors (Lipinski definition) is 5. The Hall–Kier alpha value is -3.45. The van der Waals surface area contributed by atoms with E-state index in [1.54, 1.807) is 6.21 Å². The van der Waals surface area contributed by atoms with E-state index in [2.05, 4.69) is 57.4 Å². The normalized spacial score (nSPS) is 24.3. The molecule has 7 rings (SSSR count). The molecule has 1 saturated heterocycles. The SMILES string of the molecule is CCOc1cc(/C=N\N2C(=O)[C@@H]3[C@@H](C2=O)[C@H]2C=C[C@H]3CC2)cc(Br)c1OCc1cccc2ccccc12. The summed E-state index contributed by atoms with van der Waals surface area (Å²) in [7, 11) is 0. The molecule has 2 amide bonds. The molecule has 4 atom stereocenters. The molecule has 1 heterocycles. The lowest BCUT2D eigenvalue weighted by atomic mass is 9.63. The van der Waals surface area contributed by atoms with E-state index < -0.39 is 0 Å². The van der Waals surface area contributed by atoms with Crippen molar-refractivity contribution in [1.82, 2.24) is 5.01 Å². The van der Waals surface area contributed by atoms with Crippen molar-refractivity contribution in [3.8, 4) is 11.5 Å². The maximum atomic E-state index is 13.1. The summed E-state index contributed by atoms with van der Waals surface area (Å²) in [4.78, 5) is 26.1. The average Bonchev–Trinajstić information content (AvgIpc) is 3.19. The van der Waals surface area contributed by atoms with Gasteiger partial charge in [0.25, 0.3) is 11.8 Å². The van der Waals surface area contributed by atoms with Crippen LogP contribution in [0.2, 0.25) is 0 Å². The molecule has 1 saturated carbocycles. The third kappa shape index (κ3) is 4.25. The van der Waals surface area contributed by atoms with Gasteiger partial charge in [-0.15, -0.1) is 0 Å². The second-order valence-electron chi connectivity index (χ2n) is 9.76. The number of halogens is 1. The summed E-state index contributed by atoms with van der Waals surface area (Å²) < 4.78 is 12.8. The molecule has 6 nitrogen and oxygen atoms in total. The van der Waals surface area contributed by atoms with Crippen molar-refractivity contribution in [3.05, 3.63) is 82.3 Å². The van der Waals surface area contributed by atoms with Crippen molar-refractivity contribution in [2.75, 3.05) is 6.61 Å². The second-order valence-corrected chi connectivity index (χ2v) is 10.6. The highest BCUT2D eigenvalue weighted by molar-refractivity contribution is 9.10. The first kappa shape index (κ1) is 23.9. The standard InChI is InChI=1S/C30H27BrN2O4/c1-2-36-25-15-18(16-32-33-29(34)26-20-10-11-21(13-12-20)27(26)30(33)35)14-24(31)28(25)37-17-22-8-5-7-19-6-3-4-9-23(19)22/h3-11,14-16,20-21,26-27H,2,12-13,17H2,1H3/b32-16-/t20-,21-,26-,27-/m0/s1. The predicted octanol–water partition coefficient (Wildman–Crippen LogP) is 6.11. The highest BCUT2D eigenvalue weighted by atomic mass is 79.9. The summed E-state index contributed by atoms with van der Waals surface area (Å²) in [6.07, 6.45) is 7.68. The van der Waals surface area contributed by atoms with E-state index in [1.165, 1.54) is 0 Å². The Morgan fingerprint density at radius 1 is 0.973 bits per heavy atom. The Morgan fingerprint density at radius 2 is 1.68 bits per heavy atom. The van der Waals surface area contributed by atoms with Crippen LogP contribution in [-0.4, -0.2) is 29.6 Å². The first-order valence-corrected chi connectivity index (χ1v) is 13.5. The first-order valence-electron chi connectivity index (χ1n) is 12.7. The molecule has 4 aliphatic rings. The molecule has 3 aromatic carbocycles. The van der Waals surface area contributed by atoms with Crippen LogP contribution in [0.25, 0.3) is 10.8 Å². The molecular weight excluding hydrogens is 532 g/mol. The number of amides is 2. The summed E-state index contributed by atoms with van der Waals surface area (Å²) in [5, 5.41) is 7.72. The average molecular weight is 559 g/mol. The number of allylic oxidation sites excluding steroid dienone is 2. The van der Waals surface area contributed by atoms with E-state index >= 15 is 0 Å². The van der Waals surface area contributed by atoms with Crippen molar-refractivity contribution >= 4 is 44.7 Å². The molecule has 1 aliphatic heterocycles. The van der Waals surface area contributed by atoms with Gasteiger partial charge in [-0.3, -0.25) is 9.59 Å². The number of imide groups is 1. The Balaban J connectivity index is 1.24. The monoisotopic (exact) mass is 558 g/mol. The number of rotatable bonds is 7. The topological polar surface area (TPSA) is 68.2 Å². The Bertz CT molecular complexity index is 1410. The van der Waals surface area contributed by atoms with Crippen LogP contribution in [0, 0.1) is 23.7 Å². The van der Waals surface area contributed by atoms with Crippen molar-refractivity contribution < 1.29 is 19.1 Å². The minimum Gasteiger partial charge on any atom is -0.490 e. The fraction of sp³-hybridized carbons (Fsp3) is 0.300. The van der Waals surface area contributed by atoms with Crippen molar-refractivity contribution in [2.45, 2.75) is 26.4 Å². The number of carbonyl (C=O) groups is 2. The van der Waals surface area contributed by atoms with Gasteiger partial charge >= 0.3 is 0 Å². The first-order chi connectivity index (χ1) is 18.0. The van der Waals surface area contributed by atoms with Gasteiger partial charge in [-0.2, -0.15) is 10.1 Å². The largest absolute Gasteiger partial charge is 0.490 e. The van der Waals surface area contributed by atoms with E-state index in [0.29, 0.717) is 34.7 Å². The van der Waals surface area contributed by atoms with Gasteiger partial charge in [0.2, 0.25) is 0 Å². The van der Waals surface area contributed by atoms with Crippen molar-refractivity contribution in [2.24, 2.45) is 28.8 Å². The van der Waals surface area contributed by atoms with Gasteiger partial charge in [-0.25, -0.2) is 0 Å². The van der Waals surface area contributed by atoms with E-state index in [9.17, 15) is 9.59 Å². The van der Waals surface area contributed by atoms with Crippen LogP contribution in [0.5, 0.6) is 11.5 Å². The van der Waals surface area contributed by atoms with Gasteiger partial charge in [0, 0.05) is 0 Å². The lowest BCUT2D eigenvalue weighted by Crippen LogP contribution is -2.38. The van der Waals surface area contributed by atoms with E-state index in [0.717, 1.165) is 34.2 Å². The zero-order chi connectivity index (χ0) is 25.5. The van der Waals surface area contributed by atoms with Crippen LogP contribution in [0.3, 0.4) is 0 Å². The van der Waals surface area contributed by atoms with Gasteiger partial charge in [0.05, 0.1) is 29.1 Å². The molecule has 3 aliphatic carbocycles. The highest BCUT2D eigenvalue weighted by Gasteiger charge is 2.56. The number of benzene rings is 3. The minimum atomic E-state index is -0.274. The van der Waals surface area contributed by atoms with E-state index in [4.69, 9.17) is 9.47 Å². The summed E-state index contributed by atoms with van der Waals surface area (Å²) >= 11 is 3.62. The number of fused-ring (bicyclic) bond motifs is 2. The fourth-order valence-corrected chi connectivity index (χ4v) is 6.50. The van der Waals surface area contributed by atoms with Gasteiger partial charge in [-0.05, 0) is 81.6 Å². The molecule has 7 heteroatoms. The van der Waals surface area contributed by atoms with Crippen LogP contribution in [-0.2, 0) is 16.2 Å². The molecule has 37 heavy (non-hydrogen) atoms. The molecule has 0 N–H and O–H groups in total. The minimum absolute atomic E-state index is 0.142.